The molecular formula is C10H14N6O4. The second kappa shape index (κ2) is 5.55. The Balaban J connectivity index is 1.80. The molecule has 0 atom stereocenters. The van der Waals surface area contributed by atoms with Crippen LogP contribution in [0.3, 0.4) is 0 Å². The van der Waals surface area contributed by atoms with Crippen molar-refractivity contribution < 1.29 is 19.5 Å². The third-order valence-corrected chi connectivity index (χ3v) is 2.93. The van der Waals surface area contributed by atoms with Crippen molar-refractivity contribution in [3.05, 3.63) is 11.9 Å². The lowest BCUT2D eigenvalue weighted by Crippen LogP contribution is -2.55. The predicted molar refractivity (Wildman–Crippen MR) is 65.1 cm³/mol. The van der Waals surface area contributed by atoms with Crippen LogP contribution in [0.4, 0.5) is 4.79 Å². The fraction of sp³-hybridized carbons (Fsp3) is 0.500. The number of amides is 3. The lowest BCUT2D eigenvalue weighted by atomic mass is 10.1. The van der Waals surface area contributed by atoms with E-state index >= 15 is 0 Å². The van der Waals surface area contributed by atoms with Gasteiger partial charge in [0.05, 0.1) is 18.8 Å². The molecule has 1 saturated heterocycles. The number of rotatable bonds is 4. The summed E-state index contributed by atoms with van der Waals surface area (Å²) >= 11 is 0. The lowest BCUT2D eigenvalue weighted by molar-refractivity contribution is -0.119. The highest BCUT2D eigenvalue weighted by molar-refractivity contribution is 5.85. The van der Waals surface area contributed by atoms with Gasteiger partial charge in [-0.1, -0.05) is 5.21 Å². The molecule has 0 unspecified atom stereocenters. The van der Waals surface area contributed by atoms with Gasteiger partial charge >= 0.3 is 12.0 Å². The van der Waals surface area contributed by atoms with Crippen LogP contribution in [0.1, 0.15) is 16.5 Å². The van der Waals surface area contributed by atoms with Gasteiger partial charge in [0.1, 0.15) is 0 Å². The Labute approximate surface area is 113 Å². The minimum atomic E-state index is -1.14. The summed E-state index contributed by atoms with van der Waals surface area (Å²) in [6.45, 7) is 0.701. The molecule has 3 amide bonds. The molecule has 0 bridgehead atoms. The van der Waals surface area contributed by atoms with E-state index in [-0.39, 0.29) is 30.2 Å². The minimum absolute atomic E-state index is 0.0804. The molecule has 1 aliphatic rings. The standard InChI is InChI=1S/C10H14N6O4/c1-11-8(17)2-12-10(20)15-3-6(4-15)16-5-7(9(18)19)13-14-16/h5-6H,2-4H2,1H3,(H,11,17)(H,12,20)(H,18,19). The Bertz CT molecular complexity index is 536. The van der Waals surface area contributed by atoms with Crippen molar-refractivity contribution in [2.75, 3.05) is 26.7 Å². The van der Waals surface area contributed by atoms with E-state index in [1.807, 2.05) is 0 Å². The first-order chi connectivity index (χ1) is 9.51. The monoisotopic (exact) mass is 282 g/mol. The molecule has 3 N–H and O–H groups in total. The molecule has 20 heavy (non-hydrogen) atoms. The van der Waals surface area contributed by atoms with Crippen LogP contribution < -0.4 is 10.6 Å². The van der Waals surface area contributed by atoms with Gasteiger partial charge in [-0.25, -0.2) is 14.3 Å². The average molecular weight is 282 g/mol. The van der Waals surface area contributed by atoms with Gasteiger partial charge in [-0.3, -0.25) is 4.79 Å². The quantitative estimate of drug-likeness (QED) is 0.603. The minimum Gasteiger partial charge on any atom is -0.476 e. The molecule has 10 heteroatoms. The summed E-state index contributed by atoms with van der Waals surface area (Å²) in [6, 6.07) is -0.440. The highest BCUT2D eigenvalue weighted by Gasteiger charge is 2.33. The van der Waals surface area contributed by atoms with Gasteiger partial charge in [0.25, 0.3) is 0 Å². The Morgan fingerprint density at radius 1 is 1.45 bits per heavy atom. The third kappa shape index (κ3) is 2.84. The molecule has 108 valence electrons. The van der Waals surface area contributed by atoms with Crippen LogP contribution in [0.15, 0.2) is 6.20 Å². The number of carboxylic acid groups (broad SMARTS) is 1. The summed E-state index contributed by atoms with van der Waals surface area (Å²) in [5.41, 5.74) is -0.132. The second-order valence-corrected chi connectivity index (χ2v) is 4.28. The Kier molecular flexibility index (Phi) is 3.82. The highest BCUT2D eigenvalue weighted by Crippen LogP contribution is 2.20. The summed E-state index contributed by atoms with van der Waals surface area (Å²) in [7, 11) is 1.49. The van der Waals surface area contributed by atoms with Crippen LogP contribution >= 0.6 is 0 Å². The summed E-state index contributed by atoms with van der Waals surface area (Å²) in [5, 5.41) is 20.8. The van der Waals surface area contributed by atoms with Gasteiger partial charge in [-0.15, -0.1) is 5.10 Å². The van der Waals surface area contributed by atoms with E-state index in [4.69, 9.17) is 5.11 Å². The molecule has 0 radical (unpaired) electrons. The summed E-state index contributed by atoms with van der Waals surface area (Å²) in [5.74, 6) is -1.42. The smallest absolute Gasteiger partial charge is 0.358 e. The first-order valence-corrected chi connectivity index (χ1v) is 5.89. The van der Waals surface area contributed by atoms with Crippen LogP contribution in [-0.4, -0.2) is 69.6 Å². The normalized spacial score (nSPS) is 14.6. The summed E-state index contributed by atoms with van der Waals surface area (Å²) in [6.07, 6.45) is 1.33. The fourth-order valence-corrected chi connectivity index (χ4v) is 1.70. The number of aromatic nitrogens is 3. The fourth-order valence-electron chi connectivity index (χ4n) is 1.70. The van der Waals surface area contributed by atoms with Gasteiger partial charge in [0, 0.05) is 20.1 Å². The SMILES string of the molecule is CNC(=O)CNC(=O)N1CC(n2cc(C(=O)O)nn2)C1. The largest absolute Gasteiger partial charge is 0.476 e. The Morgan fingerprint density at radius 2 is 2.15 bits per heavy atom. The zero-order chi connectivity index (χ0) is 14.7. The van der Waals surface area contributed by atoms with Gasteiger partial charge in [-0.2, -0.15) is 0 Å². The van der Waals surface area contributed by atoms with Crippen LogP contribution in [0, 0.1) is 0 Å². The first-order valence-electron chi connectivity index (χ1n) is 5.89. The first kappa shape index (κ1) is 13.8. The number of hydrogen-bond donors (Lipinski definition) is 3. The maximum absolute atomic E-state index is 11.6. The van der Waals surface area contributed by atoms with Gasteiger partial charge in [0.15, 0.2) is 5.69 Å². The van der Waals surface area contributed by atoms with Gasteiger partial charge in [0.2, 0.25) is 5.91 Å². The molecule has 1 aromatic heterocycles. The molecule has 0 aromatic carbocycles. The molecule has 2 heterocycles. The number of likely N-dealkylation sites (N-methyl/N-ethyl adjacent to an activating group) is 1. The Morgan fingerprint density at radius 3 is 2.70 bits per heavy atom. The zero-order valence-corrected chi connectivity index (χ0v) is 10.7. The molecule has 1 aliphatic heterocycles. The second-order valence-electron chi connectivity index (χ2n) is 4.28. The van der Waals surface area contributed by atoms with E-state index in [1.54, 1.807) is 0 Å². The zero-order valence-electron chi connectivity index (χ0n) is 10.7. The van der Waals surface area contributed by atoms with Crippen molar-refractivity contribution in [2.45, 2.75) is 6.04 Å². The van der Waals surface area contributed by atoms with Crippen molar-refractivity contribution in [1.82, 2.24) is 30.5 Å². The van der Waals surface area contributed by atoms with Crippen LogP contribution in [0.2, 0.25) is 0 Å². The molecular weight excluding hydrogens is 268 g/mol. The number of aromatic carboxylic acids is 1. The van der Waals surface area contributed by atoms with Crippen LogP contribution in [-0.2, 0) is 4.79 Å². The average Bonchev–Trinajstić information content (AvgIpc) is 2.83. The Hall–Kier alpha value is -2.65. The van der Waals surface area contributed by atoms with E-state index in [0.717, 1.165) is 0 Å². The number of carbonyl (C=O) groups is 3. The van der Waals surface area contributed by atoms with Gasteiger partial charge in [-0.05, 0) is 0 Å². The lowest BCUT2D eigenvalue weighted by Gasteiger charge is -2.38. The van der Waals surface area contributed by atoms with E-state index < -0.39 is 5.97 Å². The van der Waals surface area contributed by atoms with E-state index in [2.05, 4.69) is 20.9 Å². The van der Waals surface area contributed by atoms with Crippen molar-refractivity contribution in [2.24, 2.45) is 0 Å². The molecule has 10 nitrogen and oxygen atoms in total. The van der Waals surface area contributed by atoms with Crippen molar-refractivity contribution >= 4 is 17.9 Å². The maximum atomic E-state index is 11.6. The highest BCUT2D eigenvalue weighted by atomic mass is 16.4. The van der Waals surface area contributed by atoms with Crippen LogP contribution in [0.5, 0.6) is 0 Å². The van der Waals surface area contributed by atoms with Crippen LogP contribution in [0.25, 0.3) is 0 Å². The van der Waals surface area contributed by atoms with Crippen molar-refractivity contribution in [1.29, 1.82) is 0 Å². The number of urea groups is 1. The molecule has 1 aromatic rings. The van der Waals surface area contributed by atoms with E-state index in [1.165, 1.54) is 22.8 Å². The number of nitrogens with zero attached hydrogens (tertiary/aromatic N) is 4. The topological polar surface area (TPSA) is 129 Å². The van der Waals surface area contributed by atoms with Crippen molar-refractivity contribution in [3.63, 3.8) is 0 Å². The van der Waals surface area contributed by atoms with Crippen molar-refractivity contribution in [3.8, 4) is 0 Å². The number of hydrogen-bond acceptors (Lipinski definition) is 5. The van der Waals surface area contributed by atoms with E-state index in [9.17, 15) is 14.4 Å². The molecule has 2 rings (SSSR count). The maximum Gasteiger partial charge on any atom is 0.358 e. The number of carbonyl (C=O) groups excluding carboxylic acids is 2. The third-order valence-electron chi connectivity index (χ3n) is 2.93. The molecule has 0 aliphatic carbocycles. The molecule has 1 fully saturated rings. The molecule has 0 spiro atoms. The number of likely N-dealkylation sites (tertiary alicyclic amines) is 1. The van der Waals surface area contributed by atoms with Gasteiger partial charge < -0.3 is 20.6 Å². The predicted octanol–water partition coefficient (Wildman–Crippen LogP) is -1.71. The summed E-state index contributed by atoms with van der Waals surface area (Å²) < 4.78 is 1.42. The summed E-state index contributed by atoms with van der Waals surface area (Å²) in [4.78, 5) is 34.8. The number of nitrogens with one attached hydrogen (secondary N) is 2. The van der Waals surface area contributed by atoms with E-state index in [0.29, 0.717) is 13.1 Å². The molecule has 0 saturated carbocycles. The number of carboxylic acids is 1.